The maximum absolute atomic E-state index is 12.6. The van der Waals surface area contributed by atoms with E-state index in [0.29, 0.717) is 25.0 Å². The first-order valence-corrected chi connectivity index (χ1v) is 12.7. The molecule has 2 unspecified atom stereocenters. The van der Waals surface area contributed by atoms with Gasteiger partial charge in [0.05, 0.1) is 6.61 Å². The van der Waals surface area contributed by atoms with Crippen LogP contribution in [-0.4, -0.2) is 30.6 Å². The van der Waals surface area contributed by atoms with Crippen LogP contribution in [0.2, 0.25) is 0 Å². The first-order valence-electron chi connectivity index (χ1n) is 12.7. The number of hydrogen-bond acceptors (Lipinski definition) is 4. The average Bonchev–Trinajstić information content (AvgIpc) is 3.48. The highest BCUT2D eigenvalue weighted by molar-refractivity contribution is 5.77. The largest absolute Gasteiger partial charge is 0.380 e. The van der Waals surface area contributed by atoms with Crippen LogP contribution in [0.4, 0.5) is 10.1 Å². The lowest BCUT2D eigenvalue weighted by molar-refractivity contribution is -0.107. The van der Waals surface area contributed by atoms with Gasteiger partial charge in [-0.15, -0.1) is 0 Å². The fourth-order valence-corrected chi connectivity index (χ4v) is 4.94. The van der Waals surface area contributed by atoms with E-state index in [1.807, 2.05) is 18.2 Å². The zero-order valence-electron chi connectivity index (χ0n) is 21.2. The van der Waals surface area contributed by atoms with Crippen molar-refractivity contribution in [3.05, 3.63) is 83.9 Å². The molecule has 3 aromatic rings. The van der Waals surface area contributed by atoms with E-state index in [2.05, 4.69) is 48.3 Å². The molecular weight excluding hydrogens is 453 g/mol. The maximum Gasteiger partial charge on any atom is 0.214 e. The molecule has 1 aromatic heterocycles. The van der Waals surface area contributed by atoms with E-state index < -0.39 is 0 Å². The predicted molar refractivity (Wildman–Crippen MR) is 142 cm³/mol. The molecule has 2 fully saturated rings. The third-order valence-corrected chi connectivity index (χ3v) is 7.24. The topological polar surface area (TPSA) is 68.5 Å². The third kappa shape index (κ3) is 6.77. The Labute approximate surface area is 213 Å². The molecule has 5 rings (SSSR count). The molecule has 2 saturated carbocycles. The minimum absolute atomic E-state index is 0.239. The fraction of sp³-hybridized carbons (Fsp3) is 0.400. The minimum Gasteiger partial charge on any atom is -0.380 e. The van der Waals surface area contributed by atoms with Gasteiger partial charge in [0.25, 0.3) is 0 Å². The van der Waals surface area contributed by atoms with Gasteiger partial charge in [-0.25, -0.2) is 4.98 Å². The second-order valence-electron chi connectivity index (χ2n) is 10.2. The molecule has 0 saturated heterocycles. The van der Waals surface area contributed by atoms with E-state index in [0.717, 1.165) is 66.6 Å². The number of ether oxygens (including phenoxy) is 1. The van der Waals surface area contributed by atoms with Gasteiger partial charge in [0.15, 0.2) is 0 Å². The molecule has 2 aliphatic carbocycles. The van der Waals surface area contributed by atoms with E-state index in [1.54, 1.807) is 18.1 Å². The van der Waals surface area contributed by atoms with Gasteiger partial charge in [0, 0.05) is 36.5 Å². The van der Waals surface area contributed by atoms with Crippen molar-refractivity contribution in [1.29, 1.82) is 0 Å². The van der Waals surface area contributed by atoms with E-state index in [-0.39, 0.29) is 11.5 Å². The highest BCUT2D eigenvalue weighted by Crippen LogP contribution is 2.45. The van der Waals surface area contributed by atoms with E-state index >= 15 is 0 Å². The lowest BCUT2D eigenvalue weighted by Gasteiger charge is -2.30. The van der Waals surface area contributed by atoms with Crippen LogP contribution < -0.4 is 10.6 Å². The number of pyridine rings is 1. The summed E-state index contributed by atoms with van der Waals surface area (Å²) < 4.78 is 17.7. The second kappa shape index (κ2) is 11.8. The number of anilines is 1. The summed E-state index contributed by atoms with van der Waals surface area (Å²) in [5.41, 5.74) is 11.4. The first kappa shape index (κ1) is 26.0. The molecule has 0 spiro atoms. The van der Waals surface area contributed by atoms with Crippen LogP contribution in [0, 0.1) is 11.9 Å². The average molecular weight is 490 g/mol. The monoisotopic (exact) mass is 489 g/mol. The Kier molecular flexibility index (Phi) is 8.49. The van der Waals surface area contributed by atoms with Gasteiger partial charge in [-0.3, -0.25) is 4.79 Å². The van der Waals surface area contributed by atoms with Crippen molar-refractivity contribution in [2.75, 3.05) is 18.6 Å². The Bertz CT molecular complexity index is 1130. The minimum atomic E-state index is -0.360. The number of carbonyl (C=O) groups is 1. The summed E-state index contributed by atoms with van der Waals surface area (Å²) in [4.78, 5) is 17.1. The van der Waals surface area contributed by atoms with Gasteiger partial charge >= 0.3 is 0 Å². The van der Waals surface area contributed by atoms with Crippen molar-refractivity contribution in [1.82, 2.24) is 4.98 Å². The number of hydrogen-bond donors (Lipinski definition) is 1. The van der Waals surface area contributed by atoms with Crippen molar-refractivity contribution in [3.63, 3.8) is 0 Å². The molecule has 0 aliphatic heterocycles. The normalized spacial score (nSPS) is 19.8. The number of methoxy groups -OCH3 is 1. The summed E-state index contributed by atoms with van der Waals surface area (Å²) in [5.74, 6) is 0.858. The smallest absolute Gasteiger partial charge is 0.214 e. The quantitative estimate of drug-likeness (QED) is 0.308. The molecule has 2 aliphatic rings. The molecule has 6 heteroatoms. The van der Waals surface area contributed by atoms with Crippen LogP contribution >= 0.6 is 0 Å². The molecule has 2 atom stereocenters. The number of rotatable bonds is 8. The van der Waals surface area contributed by atoms with Crippen LogP contribution in [0.5, 0.6) is 0 Å². The molecule has 1 heterocycles. The molecule has 2 N–H and O–H groups in total. The van der Waals surface area contributed by atoms with Crippen LogP contribution in [0.15, 0.2) is 66.7 Å². The maximum atomic E-state index is 12.6. The second-order valence-corrected chi connectivity index (χ2v) is 10.2. The van der Waals surface area contributed by atoms with Crippen LogP contribution in [0.25, 0.3) is 11.1 Å². The molecule has 5 nitrogen and oxygen atoms in total. The van der Waals surface area contributed by atoms with Crippen LogP contribution in [0.3, 0.4) is 0 Å². The molecule has 2 aromatic carbocycles. The van der Waals surface area contributed by atoms with Crippen molar-refractivity contribution < 1.29 is 13.9 Å². The van der Waals surface area contributed by atoms with Crippen molar-refractivity contribution in [2.45, 2.75) is 57.1 Å². The number of halogens is 1. The van der Waals surface area contributed by atoms with E-state index in [1.165, 1.54) is 6.07 Å². The molecule has 190 valence electrons. The molecule has 1 amide bonds. The zero-order valence-corrected chi connectivity index (χ0v) is 21.2. The molecule has 36 heavy (non-hydrogen) atoms. The molecule has 0 bridgehead atoms. The molecule has 0 radical (unpaired) electrons. The van der Waals surface area contributed by atoms with Gasteiger partial charge in [0.1, 0.15) is 0 Å². The SMILES string of the molecule is CC1CC1c1cccc(F)n1.COCc1ccc(-c2ccc(N(C=O)CC3(N)CCCC3)cc2)cc1. The molecular formula is C30H36FN3O2. The lowest BCUT2D eigenvalue weighted by atomic mass is 9.98. The van der Waals surface area contributed by atoms with Crippen molar-refractivity contribution in [2.24, 2.45) is 11.7 Å². The van der Waals surface area contributed by atoms with Crippen molar-refractivity contribution >= 4 is 12.1 Å². The number of benzene rings is 2. The van der Waals surface area contributed by atoms with Crippen molar-refractivity contribution in [3.8, 4) is 11.1 Å². The summed E-state index contributed by atoms with van der Waals surface area (Å²) in [6.45, 7) is 3.37. The predicted octanol–water partition coefficient (Wildman–Crippen LogP) is 6.08. The number of nitrogens with zero attached hydrogens (tertiary/aromatic N) is 2. The Morgan fingerprint density at radius 2 is 1.67 bits per heavy atom. The standard InChI is InChI=1S/C21H26N2O2.C9H10FN/c1-25-14-17-4-6-18(7-5-17)19-8-10-20(11-9-19)23(16-24)15-21(22)12-2-3-13-21;1-6-5-7(6)8-3-2-4-9(10)11-8/h4-11,16H,2-3,12-15,22H2,1H3;2-4,6-7H,5H2,1H3. The lowest BCUT2D eigenvalue weighted by Crippen LogP contribution is -2.48. The Hall–Kier alpha value is -3.09. The van der Waals surface area contributed by atoms with Gasteiger partial charge in [-0.1, -0.05) is 62.2 Å². The van der Waals surface area contributed by atoms with Gasteiger partial charge in [0.2, 0.25) is 12.4 Å². The van der Waals surface area contributed by atoms with Gasteiger partial charge < -0.3 is 15.4 Å². The number of carbonyl (C=O) groups excluding carboxylic acids is 1. The zero-order chi connectivity index (χ0) is 25.5. The summed E-state index contributed by atoms with van der Waals surface area (Å²) in [7, 11) is 1.70. The third-order valence-electron chi connectivity index (χ3n) is 7.24. The van der Waals surface area contributed by atoms with Crippen LogP contribution in [0.1, 0.15) is 56.2 Å². The Morgan fingerprint density at radius 3 is 2.19 bits per heavy atom. The van der Waals surface area contributed by atoms with Gasteiger partial charge in [-0.2, -0.15) is 4.39 Å². The summed E-state index contributed by atoms with van der Waals surface area (Å²) in [6.07, 6.45) is 6.34. The van der Waals surface area contributed by atoms with Crippen LogP contribution in [-0.2, 0) is 16.1 Å². The highest BCUT2D eigenvalue weighted by atomic mass is 19.1. The highest BCUT2D eigenvalue weighted by Gasteiger charge is 2.35. The van der Waals surface area contributed by atoms with E-state index in [4.69, 9.17) is 10.5 Å². The number of aromatic nitrogens is 1. The summed E-state index contributed by atoms with van der Waals surface area (Å²) in [6, 6.07) is 21.4. The summed E-state index contributed by atoms with van der Waals surface area (Å²) >= 11 is 0. The number of nitrogens with two attached hydrogens (primary N) is 1. The Balaban J connectivity index is 0.000000229. The van der Waals surface area contributed by atoms with E-state index in [9.17, 15) is 9.18 Å². The Morgan fingerprint density at radius 1 is 1.06 bits per heavy atom. The first-order chi connectivity index (χ1) is 17.4. The van der Waals surface area contributed by atoms with Gasteiger partial charge in [-0.05, 0) is 66.1 Å². The number of amides is 1. The fourth-order valence-electron chi connectivity index (χ4n) is 4.94. The summed E-state index contributed by atoms with van der Waals surface area (Å²) in [5, 5.41) is 0.